The van der Waals surface area contributed by atoms with Crippen molar-refractivity contribution in [3.05, 3.63) is 75.8 Å². The molecule has 4 aromatic heterocycles. The number of ether oxygens (including phenoxy) is 2. The van der Waals surface area contributed by atoms with E-state index in [4.69, 9.17) is 9.84 Å². The van der Waals surface area contributed by atoms with E-state index in [-0.39, 0.29) is 41.0 Å². The molecule has 0 saturated carbocycles. The predicted molar refractivity (Wildman–Crippen MR) is 185 cm³/mol. The van der Waals surface area contributed by atoms with Crippen LogP contribution in [-0.2, 0) is 4.79 Å². The van der Waals surface area contributed by atoms with E-state index in [1.54, 1.807) is 0 Å². The highest BCUT2D eigenvalue weighted by Crippen LogP contribution is 2.67. The second-order valence-corrected chi connectivity index (χ2v) is 17.0. The highest BCUT2D eigenvalue weighted by atomic mass is 32.1. The number of hydrogen-bond donors (Lipinski definition) is 1. The van der Waals surface area contributed by atoms with Crippen LogP contribution in [0.15, 0.2) is 24.3 Å². The Morgan fingerprint density at radius 1 is 0.571 bits per heavy atom. The number of halogens is 12. The molecule has 2 aliphatic rings. The maximum Gasteiger partial charge on any atom is 0.380 e. The van der Waals surface area contributed by atoms with Crippen molar-refractivity contribution in [2.75, 3.05) is 7.11 Å². The zero-order chi connectivity index (χ0) is 42.3. The highest BCUT2D eigenvalue weighted by molar-refractivity contribution is 7.15. The number of carboxylic acids is 1. The van der Waals surface area contributed by atoms with Crippen molar-refractivity contribution in [3.63, 3.8) is 0 Å². The van der Waals surface area contributed by atoms with Gasteiger partial charge in [-0.15, -0.1) is 45.3 Å². The van der Waals surface area contributed by atoms with Crippen LogP contribution in [0.5, 0.6) is 10.1 Å². The number of rotatable bonds is 9. The SMILES string of the molecule is COc1cc(C2=C(c3cc(C=O)sc3C)C(F)(F)C(F)(F)C2(F)F)c(C)s1.Cc1sc(OC=O)cc1C1=C(c2cc(C(=O)O)sc2C)C(F)(F)C(F)(F)C1(F)F. The molecule has 4 heterocycles. The maximum absolute atomic E-state index is 14.7. The molecule has 22 heteroatoms. The molecule has 0 fully saturated rings. The number of aromatic carboxylic acids is 1. The van der Waals surface area contributed by atoms with Gasteiger partial charge in [0.1, 0.15) is 4.88 Å². The summed E-state index contributed by atoms with van der Waals surface area (Å²) in [5, 5.41) is 8.93. The lowest BCUT2D eigenvalue weighted by Crippen LogP contribution is -2.48. The summed E-state index contributed by atoms with van der Waals surface area (Å²) < 4.78 is 183. The molecule has 56 heavy (non-hydrogen) atoms. The van der Waals surface area contributed by atoms with Gasteiger partial charge in [0, 0.05) is 59.0 Å². The summed E-state index contributed by atoms with van der Waals surface area (Å²) >= 11 is 2.78. The Hall–Kier alpha value is -4.15. The molecule has 2 aliphatic carbocycles. The number of aryl methyl sites for hydroxylation is 4. The lowest BCUT2D eigenvalue weighted by molar-refractivity contribution is -0.254. The molecule has 4 aromatic rings. The summed E-state index contributed by atoms with van der Waals surface area (Å²) in [6.07, 6.45) is 0.351. The molecule has 0 bridgehead atoms. The molecule has 302 valence electrons. The van der Waals surface area contributed by atoms with Gasteiger partial charge >= 0.3 is 41.5 Å². The first-order valence-electron chi connectivity index (χ1n) is 15.2. The van der Waals surface area contributed by atoms with E-state index in [1.807, 2.05) is 0 Å². The summed E-state index contributed by atoms with van der Waals surface area (Å²) in [7, 11) is 1.25. The average Bonchev–Trinajstić information content (AvgIpc) is 3.89. The summed E-state index contributed by atoms with van der Waals surface area (Å²) in [6, 6.07) is 3.46. The average molecular weight is 883 g/mol. The number of thiophene rings is 4. The Bertz CT molecular complexity index is 2330. The number of methoxy groups -OCH3 is 1. The van der Waals surface area contributed by atoms with Crippen LogP contribution in [0.3, 0.4) is 0 Å². The molecule has 1 N–H and O–H groups in total. The first-order valence-corrected chi connectivity index (χ1v) is 18.5. The largest absolute Gasteiger partial charge is 0.487 e. The second-order valence-electron chi connectivity index (χ2n) is 12.1. The van der Waals surface area contributed by atoms with Crippen molar-refractivity contribution in [3.8, 4) is 10.1 Å². The molecule has 0 amide bonds. The number of allylic oxidation sites excluding steroid dienone is 4. The molecular weight excluding hydrogens is 861 g/mol. The Balaban J connectivity index is 0.000000215. The van der Waals surface area contributed by atoms with Crippen molar-refractivity contribution in [2.24, 2.45) is 0 Å². The number of carbonyl (C=O) groups is 3. The number of aldehydes is 1. The molecule has 6 nitrogen and oxygen atoms in total. The zero-order valence-electron chi connectivity index (χ0n) is 28.6. The van der Waals surface area contributed by atoms with Gasteiger partial charge in [0.2, 0.25) is 0 Å². The standard InChI is InChI=1S/C17H10F6O4S2.C17H12F6O2S2/c1-6-8(3-10(28-6)14(25)26)12-13(9-4-11(27-5-24)29-7(9)2)16(20,21)17(22,23)15(12,18)19;1-7-10(4-9(6-24)26-7)13-14(11-5-12(25-3)27-8(11)2)16(20,21)17(22,23)15(13,18)19/h3-5H,1-2H3,(H,25,26);4-6H,1-3H3. The summed E-state index contributed by atoms with van der Waals surface area (Å²) in [4.78, 5) is 32.1. The van der Waals surface area contributed by atoms with Crippen LogP contribution in [0.2, 0.25) is 0 Å². The van der Waals surface area contributed by atoms with Crippen LogP contribution in [0, 0.1) is 27.7 Å². The molecule has 0 unspecified atom stereocenters. The van der Waals surface area contributed by atoms with Crippen molar-refractivity contribution >= 4 is 86.4 Å². The third-order valence-corrected chi connectivity index (χ3v) is 12.7. The normalized spacial score (nSPS) is 19.8. The van der Waals surface area contributed by atoms with Gasteiger partial charge in [0.05, 0.1) is 12.0 Å². The summed E-state index contributed by atoms with van der Waals surface area (Å²) in [5.41, 5.74) is -8.41. The molecule has 0 atom stereocenters. The summed E-state index contributed by atoms with van der Waals surface area (Å²) in [6.45, 7) is 5.03. The van der Waals surface area contributed by atoms with E-state index in [2.05, 4.69) is 4.74 Å². The minimum absolute atomic E-state index is 0.0247. The Labute approximate surface area is 323 Å². The Morgan fingerprint density at radius 2 is 0.929 bits per heavy atom. The van der Waals surface area contributed by atoms with Crippen LogP contribution in [0.25, 0.3) is 22.3 Å². The maximum atomic E-state index is 14.7. The minimum atomic E-state index is -5.76. The van der Waals surface area contributed by atoms with E-state index >= 15 is 0 Å². The van der Waals surface area contributed by atoms with E-state index in [0.29, 0.717) is 35.0 Å². The molecule has 0 aliphatic heterocycles. The predicted octanol–water partition coefficient (Wildman–Crippen LogP) is 11.6. The van der Waals surface area contributed by atoms with Gasteiger partial charge in [-0.3, -0.25) is 9.59 Å². The molecular formula is C34H22F12O6S4. The van der Waals surface area contributed by atoms with Crippen LogP contribution < -0.4 is 9.47 Å². The minimum Gasteiger partial charge on any atom is -0.487 e. The molecule has 0 saturated heterocycles. The van der Waals surface area contributed by atoms with Crippen molar-refractivity contribution in [1.82, 2.24) is 0 Å². The number of carboxylic acid groups (broad SMARTS) is 1. The van der Waals surface area contributed by atoms with E-state index in [0.717, 1.165) is 40.9 Å². The Morgan fingerprint density at radius 3 is 1.27 bits per heavy atom. The van der Waals surface area contributed by atoms with Gasteiger partial charge in [-0.2, -0.15) is 52.7 Å². The second kappa shape index (κ2) is 14.0. The fraction of sp³-hybridized carbons (Fsp3) is 0.324. The highest BCUT2D eigenvalue weighted by Gasteiger charge is 2.81. The van der Waals surface area contributed by atoms with Crippen LogP contribution in [0.4, 0.5) is 52.7 Å². The fourth-order valence-electron chi connectivity index (χ4n) is 6.12. The van der Waals surface area contributed by atoms with Crippen molar-refractivity contribution in [1.29, 1.82) is 0 Å². The third kappa shape index (κ3) is 6.17. The molecule has 0 aromatic carbocycles. The van der Waals surface area contributed by atoms with E-state index < -0.39 is 90.9 Å². The van der Waals surface area contributed by atoms with Crippen molar-refractivity contribution in [2.45, 2.75) is 63.2 Å². The first kappa shape index (κ1) is 43.0. The van der Waals surface area contributed by atoms with Gasteiger partial charge < -0.3 is 14.6 Å². The third-order valence-electron chi connectivity index (χ3n) is 8.75. The van der Waals surface area contributed by atoms with Crippen LogP contribution in [0.1, 0.15) is 61.1 Å². The lowest BCUT2D eigenvalue weighted by Gasteiger charge is -2.25. The lowest BCUT2D eigenvalue weighted by atomic mass is 9.95. The zero-order valence-corrected chi connectivity index (χ0v) is 31.9. The Kier molecular flexibility index (Phi) is 10.8. The van der Waals surface area contributed by atoms with Crippen LogP contribution in [-0.4, -0.2) is 66.5 Å². The monoisotopic (exact) mass is 882 g/mol. The first-order chi connectivity index (χ1) is 25.7. The molecule has 0 spiro atoms. The van der Waals surface area contributed by atoms with E-state index in [9.17, 15) is 67.1 Å². The van der Waals surface area contributed by atoms with Gasteiger partial charge in [0.25, 0.3) is 6.47 Å². The summed E-state index contributed by atoms with van der Waals surface area (Å²) in [5.74, 6) is -33.7. The number of hydrogen-bond acceptors (Lipinski definition) is 9. The molecule has 0 radical (unpaired) electrons. The quantitative estimate of drug-likeness (QED) is 0.133. The van der Waals surface area contributed by atoms with Gasteiger partial charge in [-0.25, -0.2) is 4.79 Å². The number of alkyl halides is 12. The van der Waals surface area contributed by atoms with E-state index in [1.165, 1.54) is 34.8 Å². The number of carbonyl (C=O) groups excluding carboxylic acids is 2. The van der Waals surface area contributed by atoms with Gasteiger partial charge in [-0.05, 0) is 57.0 Å². The fourth-order valence-corrected chi connectivity index (χ4v) is 9.51. The topological polar surface area (TPSA) is 89.9 Å². The van der Waals surface area contributed by atoms with Gasteiger partial charge in [-0.1, -0.05) is 0 Å². The van der Waals surface area contributed by atoms with Crippen molar-refractivity contribution < 1.29 is 81.6 Å². The molecule has 6 rings (SSSR count). The van der Waals surface area contributed by atoms with Crippen LogP contribution >= 0.6 is 45.3 Å². The van der Waals surface area contributed by atoms with Gasteiger partial charge in [0.15, 0.2) is 16.4 Å². The smallest absolute Gasteiger partial charge is 0.380 e.